The molecule has 8 nitrogen and oxygen atoms in total. The van der Waals surface area contributed by atoms with E-state index in [-0.39, 0.29) is 11.4 Å². The molecular formula is C18H20FN5O3S. The maximum Gasteiger partial charge on any atom is 0.350 e. The number of likely N-dealkylation sites (N-methyl/N-ethyl adjacent to an activating group) is 1. The maximum absolute atomic E-state index is 13.4. The minimum atomic E-state index is -3.69. The molecule has 0 N–H and O–H groups in total. The highest BCUT2D eigenvalue weighted by molar-refractivity contribution is 7.89. The van der Waals surface area contributed by atoms with Crippen molar-refractivity contribution in [1.29, 1.82) is 0 Å². The maximum atomic E-state index is 13.4. The van der Waals surface area contributed by atoms with E-state index in [1.165, 1.54) is 43.9 Å². The molecule has 148 valence electrons. The van der Waals surface area contributed by atoms with Crippen LogP contribution in [-0.4, -0.2) is 65.0 Å². The molecule has 1 aliphatic rings. The van der Waals surface area contributed by atoms with Crippen LogP contribution in [0.5, 0.6) is 0 Å². The standard InChI is InChI=1S/C18H20FN5O3S/c1-21-7-9-22(10-8-21)28(26,27)16-5-6-17-20-24(18(25)23(17)13-16)12-14-3-2-4-15(19)11-14/h2-6,11,13H,7-10,12H2,1H3. The topological polar surface area (TPSA) is 79.9 Å². The largest absolute Gasteiger partial charge is 0.350 e. The summed E-state index contributed by atoms with van der Waals surface area (Å²) >= 11 is 0. The van der Waals surface area contributed by atoms with E-state index in [0.717, 1.165) is 0 Å². The van der Waals surface area contributed by atoms with Gasteiger partial charge in [-0.05, 0) is 36.9 Å². The number of hydrogen-bond acceptors (Lipinski definition) is 5. The predicted molar refractivity (Wildman–Crippen MR) is 101 cm³/mol. The molecule has 0 radical (unpaired) electrons. The Morgan fingerprint density at radius 2 is 1.86 bits per heavy atom. The third-order valence-corrected chi connectivity index (χ3v) is 6.75. The van der Waals surface area contributed by atoms with Gasteiger partial charge in [0.15, 0.2) is 5.65 Å². The smallest absolute Gasteiger partial charge is 0.304 e. The van der Waals surface area contributed by atoms with Gasteiger partial charge in [-0.1, -0.05) is 12.1 Å². The van der Waals surface area contributed by atoms with Gasteiger partial charge in [-0.3, -0.25) is 0 Å². The summed E-state index contributed by atoms with van der Waals surface area (Å²) < 4.78 is 43.0. The van der Waals surface area contributed by atoms with Gasteiger partial charge in [0.2, 0.25) is 10.0 Å². The fraction of sp³-hybridized carbons (Fsp3) is 0.333. The van der Waals surface area contributed by atoms with Crippen LogP contribution in [0.4, 0.5) is 4.39 Å². The molecule has 0 bridgehead atoms. The van der Waals surface area contributed by atoms with Crippen LogP contribution in [0, 0.1) is 5.82 Å². The fourth-order valence-electron chi connectivity index (χ4n) is 3.24. The first-order chi connectivity index (χ1) is 13.3. The molecule has 0 aliphatic carbocycles. The summed E-state index contributed by atoms with van der Waals surface area (Å²) in [6, 6.07) is 8.88. The van der Waals surface area contributed by atoms with E-state index < -0.39 is 21.5 Å². The normalized spacial score (nSPS) is 16.6. The molecule has 1 fully saturated rings. The number of pyridine rings is 1. The van der Waals surface area contributed by atoms with E-state index >= 15 is 0 Å². The van der Waals surface area contributed by atoms with Crippen molar-refractivity contribution in [2.75, 3.05) is 33.2 Å². The lowest BCUT2D eigenvalue weighted by Crippen LogP contribution is -2.47. The Kier molecular flexibility index (Phi) is 4.77. The molecule has 1 aliphatic heterocycles. The van der Waals surface area contributed by atoms with E-state index in [2.05, 4.69) is 10.00 Å². The van der Waals surface area contributed by atoms with E-state index in [9.17, 15) is 17.6 Å². The Bertz CT molecular complexity index is 1180. The number of benzene rings is 1. The van der Waals surface area contributed by atoms with Crippen LogP contribution in [0.1, 0.15) is 5.56 Å². The zero-order valence-corrected chi connectivity index (χ0v) is 16.1. The van der Waals surface area contributed by atoms with Crippen LogP contribution in [0.15, 0.2) is 52.3 Å². The van der Waals surface area contributed by atoms with Crippen LogP contribution < -0.4 is 5.69 Å². The van der Waals surface area contributed by atoms with Crippen molar-refractivity contribution in [3.05, 3.63) is 64.5 Å². The minimum absolute atomic E-state index is 0.0527. The second-order valence-electron chi connectivity index (χ2n) is 6.87. The monoisotopic (exact) mass is 405 g/mol. The molecule has 1 saturated heterocycles. The van der Waals surface area contributed by atoms with Gasteiger partial charge in [0, 0.05) is 32.4 Å². The number of nitrogens with zero attached hydrogens (tertiary/aromatic N) is 5. The van der Waals surface area contributed by atoms with Gasteiger partial charge in [0.25, 0.3) is 0 Å². The Labute approximate surface area is 161 Å². The lowest BCUT2D eigenvalue weighted by atomic mass is 10.2. The summed E-state index contributed by atoms with van der Waals surface area (Å²) in [5.41, 5.74) is 0.448. The van der Waals surface area contributed by atoms with Gasteiger partial charge < -0.3 is 4.90 Å². The summed E-state index contributed by atoms with van der Waals surface area (Å²) in [5, 5.41) is 4.21. The Morgan fingerprint density at radius 3 is 2.57 bits per heavy atom. The Hall–Kier alpha value is -2.56. The van der Waals surface area contributed by atoms with Gasteiger partial charge in [-0.2, -0.15) is 4.31 Å². The average Bonchev–Trinajstić information content (AvgIpc) is 2.97. The summed E-state index contributed by atoms with van der Waals surface area (Å²) in [5.74, 6) is -0.394. The lowest BCUT2D eigenvalue weighted by molar-refractivity contribution is 0.222. The van der Waals surface area contributed by atoms with E-state index in [4.69, 9.17) is 0 Å². The molecule has 1 aromatic carbocycles. The van der Waals surface area contributed by atoms with Crippen LogP contribution in [-0.2, 0) is 16.6 Å². The highest BCUT2D eigenvalue weighted by atomic mass is 32.2. The van der Waals surface area contributed by atoms with Crippen molar-refractivity contribution in [2.24, 2.45) is 0 Å². The SMILES string of the molecule is CN1CCN(S(=O)(=O)c2ccc3nn(Cc4cccc(F)c4)c(=O)n3c2)CC1. The van der Waals surface area contributed by atoms with E-state index in [0.29, 0.717) is 37.4 Å². The van der Waals surface area contributed by atoms with E-state index in [1.807, 2.05) is 7.05 Å². The number of fused-ring (bicyclic) bond motifs is 1. The molecule has 0 saturated carbocycles. The number of halogens is 1. The molecule has 28 heavy (non-hydrogen) atoms. The molecular weight excluding hydrogens is 385 g/mol. The molecule has 4 rings (SSSR count). The summed E-state index contributed by atoms with van der Waals surface area (Å²) in [6.45, 7) is 2.23. The van der Waals surface area contributed by atoms with Gasteiger partial charge in [0.1, 0.15) is 5.82 Å². The molecule has 2 aromatic heterocycles. The third-order valence-electron chi connectivity index (χ3n) is 4.87. The van der Waals surface area contributed by atoms with Crippen molar-refractivity contribution in [1.82, 2.24) is 23.4 Å². The van der Waals surface area contributed by atoms with Crippen LogP contribution in [0.3, 0.4) is 0 Å². The second-order valence-corrected chi connectivity index (χ2v) is 8.81. The van der Waals surface area contributed by atoms with Crippen molar-refractivity contribution >= 4 is 15.7 Å². The first-order valence-corrected chi connectivity index (χ1v) is 10.3. The Balaban J connectivity index is 1.68. The molecule has 0 amide bonds. The summed E-state index contributed by atoms with van der Waals surface area (Å²) in [7, 11) is -1.74. The first-order valence-electron chi connectivity index (χ1n) is 8.87. The molecule has 0 spiro atoms. The minimum Gasteiger partial charge on any atom is -0.304 e. The molecule has 10 heteroatoms. The second kappa shape index (κ2) is 7.12. The molecule has 0 unspecified atom stereocenters. The number of piperazine rings is 1. The number of hydrogen-bond donors (Lipinski definition) is 0. The highest BCUT2D eigenvalue weighted by Crippen LogP contribution is 2.17. The van der Waals surface area contributed by atoms with Crippen molar-refractivity contribution < 1.29 is 12.8 Å². The van der Waals surface area contributed by atoms with Crippen molar-refractivity contribution in [3.8, 4) is 0 Å². The first kappa shape index (κ1) is 18.8. The number of rotatable bonds is 4. The van der Waals surface area contributed by atoms with Crippen LogP contribution >= 0.6 is 0 Å². The van der Waals surface area contributed by atoms with Crippen molar-refractivity contribution in [3.63, 3.8) is 0 Å². The highest BCUT2D eigenvalue weighted by Gasteiger charge is 2.28. The van der Waals surface area contributed by atoms with Crippen LogP contribution in [0.2, 0.25) is 0 Å². The molecule has 3 aromatic rings. The fourth-order valence-corrected chi connectivity index (χ4v) is 4.66. The Morgan fingerprint density at radius 1 is 1.11 bits per heavy atom. The summed E-state index contributed by atoms with van der Waals surface area (Å²) in [6.07, 6.45) is 1.31. The number of sulfonamides is 1. The number of aromatic nitrogens is 3. The molecule has 3 heterocycles. The zero-order chi connectivity index (χ0) is 19.9. The molecule has 0 atom stereocenters. The van der Waals surface area contributed by atoms with Crippen molar-refractivity contribution in [2.45, 2.75) is 11.4 Å². The van der Waals surface area contributed by atoms with Gasteiger partial charge in [-0.15, -0.1) is 5.10 Å². The van der Waals surface area contributed by atoms with Gasteiger partial charge in [-0.25, -0.2) is 26.7 Å². The predicted octanol–water partition coefficient (Wildman–Crippen LogP) is 0.619. The van der Waals surface area contributed by atoms with Crippen LogP contribution in [0.25, 0.3) is 5.65 Å². The quantitative estimate of drug-likeness (QED) is 0.636. The zero-order valence-electron chi connectivity index (χ0n) is 15.3. The van der Waals surface area contributed by atoms with E-state index in [1.54, 1.807) is 12.1 Å². The third kappa shape index (κ3) is 3.46. The lowest BCUT2D eigenvalue weighted by Gasteiger charge is -2.31. The van der Waals surface area contributed by atoms with Gasteiger partial charge in [0.05, 0.1) is 11.4 Å². The summed E-state index contributed by atoms with van der Waals surface area (Å²) in [4.78, 5) is 14.8. The average molecular weight is 405 g/mol. The van der Waals surface area contributed by atoms with Gasteiger partial charge >= 0.3 is 5.69 Å².